The van der Waals surface area contributed by atoms with Crippen LogP contribution in [0, 0.1) is 12.8 Å². The van der Waals surface area contributed by atoms with Gasteiger partial charge in [-0.05, 0) is 39.8 Å². The first-order valence-electron chi connectivity index (χ1n) is 6.10. The molecule has 18 heavy (non-hydrogen) atoms. The highest BCUT2D eigenvalue weighted by Crippen LogP contribution is 2.20. The molecule has 1 atom stereocenters. The average molecular weight is 290 g/mol. The predicted octanol–water partition coefficient (Wildman–Crippen LogP) is 2.05. The Morgan fingerprint density at radius 3 is 2.78 bits per heavy atom. The molecular weight excluding hydrogens is 270 g/mol. The smallest absolute Gasteiger partial charge is 0.223 e. The minimum atomic E-state index is 0. The number of nitrogens with one attached hydrogen (secondary N) is 2. The maximum Gasteiger partial charge on any atom is 0.223 e. The van der Waals surface area contributed by atoms with Crippen LogP contribution >= 0.6 is 23.7 Å². The first-order chi connectivity index (χ1) is 8.16. The normalized spacial score (nSPS) is 17.9. The third-order valence-corrected chi connectivity index (χ3v) is 4.17. The Bertz CT molecular complexity index is 390. The summed E-state index contributed by atoms with van der Waals surface area (Å²) in [6.07, 6.45) is 3.73. The second-order valence-electron chi connectivity index (χ2n) is 4.56. The molecule has 6 heteroatoms. The van der Waals surface area contributed by atoms with E-state index in [4.69, 9.17) is 0 Å². The van der Waals surface area contributed by atoms with E-state index in [1.54, 1.807) is 11.3 Å². The number of hydrogen-bond acceptors (Lipinski definition) is 4. The van der Waals surface area contributed by atoms with E-state index in [0.717, 1.165) is 30.9 Å². The van der Waals surface area contributed by atoms with Crippen LogP contribution < -0.4 is 10.6 Å². The van der Waals surface area contributed by atoms with Crippen LogP contribution in [0.25, 0.3) is 0 Å². The lowest BCUT2D eigenvalue weighted by atomic mass is 9.97. The number of carbonyl (C=O) groups is 1. The fraction of sp³-hybridized carbons (Fsp3) is 0.667. The third-order valence-electron chi connectivity index (χ3n) is 3.08. The van der Waals surface area contributed by atoms with Crippen molar-refractivity contribution in [3.63, 3.8) is 0 Å². The van der Waals surface area contributed by atoms with Gasteiger partial charge in [-0.25, -0.2) is 4.98 Å². The molecule has 2 rings (SSSR count). The van der Waals surface area contributed by atoms with Gasteiger partial charge in [-0.3, -0.25) is 4.79 Å². The second-order valence-corrected chi connectivity index (χ2v) is 5.83. The number of nitrogens with zero attached hydrogens (tertiary/aromatic N) is 1. The van der Waals surface area contributed by atoms with E-state index in [9.17, 15) is 4.79 Å². The van der Waals surface area contributed by atoms with Crippen LogP contribution in [0.3, 0.4) is 0 Å². The van der Waals surface area contributed by atoms with Gasteiger partial charge in [0.15, 0.2) is 0 Å². The SMILES string of the molecule is Cc1cnc(C(C)NC(=O)C2CCNCC2)s1.Cl. The monoisotopic (exact) mass is 289 g/mol. The molecule has 0 spiro atoms. The summed E-state index contributed by atoms with van der Waals surface area (Å²) in [5.74, 6) is 0.339. The number of aryl methyl sites for hydroxylation is 1. The van der Waals surface area contributed by atoms with Crippen LogP contribution in [0.5, 0.6) is 0 Å². The fourth-order valence-corrected chi connectivity index (χ4v) is 2.83. The molecule has 0 aromatic carbocycles. The van der Waals surface area contributed by atoms with Crippen molar-refractivity contribution in [3.05, 3.63) is 16.1 Å². The van der Waals surface area contributed by atoms with Crippen molar-refractivity contribution in [2.24, 2.45) is 5.92 Å². The largest absolute Gasteiger partial charge is 0.347 e. The molecule has 1 aromatic rings. The molecule has 1 aliphatic heterocycles. The number of carbonyl (C=O) groups excluding carboxylic acids is 1. The van der Waals surface area contributed by atoms with Crippen LogP contribution in [0.4, 0.5) is 0 Å². The maximum absolute atomic E-state index is 12.0. The van der Waals surface area contributed by atoms with Crippen molar-refractivity contribution in [3.8, 4) is 0 Å². The van der Waals surface area contributed by atoms with Crippen LogP contribution in [0.2, 0.25) is 0 Å². The summed E-state index contributed by atoms with van der Waals surface area (Å²) in [5.41, 5.74) is 0. The van der Waals surface area contributed by atoms with Crippen molar-refractivity contribution in [2.75, 3.05) is 13.1 Å². The molecule has 1 amide bonds. The van der Waals surface area contributed by atoms with Crippen molar-refractivity contribution >= 4 is 29.7 Å². The zero-order chi connectivity index (χ0) is 12.3. The zero-order valence-electron chi connectivity index (χ0n) is 10.7. The fourth-order valence-electron chi connectivity index (χ4n) is 2.05. The molecule has 0 radical (unpaired) electrons. The minimum absolute atomic E-state index is 0. The minimum Gasteiger partial charge on any atom is -0.347 e. The van der Waals surface area contributed by atoms with Gasteiger partial charge in [-0.15, -0.1) is 23.7 Å². The zero-order valence-corrected chi connectivity index (χ0v) is 12.4. The van der Waals surface area contributed by atoms with Gasteiger partial charge in [-0.2, -0.15) is 0 Å². The highest BCUT2D eigenvalue weighted by atomic mass is 35.5. The Morgan fingerprint density at radius 1 is 1.56 bits per heavy atom. The van der Waals surface area contributed by atoms with Gasteiger partial charge >= 0.3 is 0 Å². The third kappa shape index (κ3) is 3.93. The summed E-state index contributed by atoms with van der Waals surface area (Å²) in [6, 6.07) is 0.0242. The van der Waals surface area contributed by atoms with Gasteiger partial charge in [0.1, 0.15) is 5.01 Å². The van der Waals surface area contributed by atoms with Crippen molar-refractivity contribution < 1.29 is 4.79 Å². The second kappa shape index (κ2) is 7.07. The van der Waals surface area contributed by atoms with Crippen molar-refractivity contribution in [1.29, 1.82) is 0 Å². The van der Waals surface area contributed by atoms with Crippen LogP contribution in [-0.4, -0.2) is 24.0 Å². The standard InChI is InChI=1S/C12H19N3OS.ClH/c1-8-7-14-12(17-8)9(2)15-11(16)10-3-5-13-6-4-10;/h7,9-10,13H,3-6H2,1-2H3,(H,15,16);1H. The number of aromatic nitrogens is 1. The molecule has 102 valence electrons. The van der Waals surface area contributed by atoms with E-state index in [-0.39, 0.29) is 30.3 Å². The molecule has 2 N–H and O–H groups in total. The summed E-state index contributed by atoms with van der Waals surface area (Å²) in [5, 5.41) is 7.32. The molecule has 0 aliphatic carbocycles. The lowest BCUT2D eigenvalue weighted by Gasteiger charge is -2.23. The van der Waals surface area contributed by atoms with Crippen LogP contribution in [0.15, 0.2) is 6.20 Å². The van der Waals surface area contributed by atoms with Crippen LogP contribution in [0.1, 0.15) is 35.7 Å². The van der Waals surface area contributed by atoms with E-state index in [1.807, 2.05) is 20.0 Å². The molecule has 2 heterocycles. The van der Waals surface area contributed by atoms with E-state index in [0.29, 0.717) is 0 Å². The Balaban J connectivity index is 0.00000162. The number of rotatable bonds is 3. The topological polar surface area (TPSA) is 54.0 Å². The predicted molar refractivity (Wildman–Crippen MR) is 76.3 cm³/mol. The van der Waals surface area contributed by atoms with Gasteiger partial charge in [-0.1, -0.05) is 0 Å². The number of halogens is 1. The summed E-state index contributed by atoms with van der Waals surface area (Å²) in [4.78, 5) is 17.5. The summed E-state index contributed by atoms with van der Waals surface area (Å²) in [7, 11) is 0. The Hall–Kier alpha value is -0.650. The molecule has 0 saturated carbocycles. The molecule has 1 saturated heterocycles. The van der Waals surface area contributed by atoms with Gasteiger partial charge in [0, 0.05) is 17.0 Å². The number of piperidine rings is 1. The highest BCUT2D eigenvalue weighted by Gasteiger charge is 2.23. The maximum atomic E-state index is 12.0. The lowest BCUT2D eigenvalue weighted by Crippen LogP contribution is -2.39. The molecule has 4 nitrogen and oxygen atoms in total. The summed E-state index contributed by atoms with van der Waals surface area (Å²) in [6.45, 7) is 5.92. The molecular formula is C12H20ClN3OS. The van der Waals surface area contributed by atoms with Crippen molar-refractivity contribution in [1.82, 2.24) is 15.6 Å². The van der Waals surface area contributed by atoms with Gasteiger partial charge in [0.05, 0.1) is 6.04 Å². The molecule has 1 aromatic heterocycles. The Morgan fingerprint density at radius 2 is 2.22 bits per heavy atom. The highest BCUT2D eigenvalue weighted by molar-refractivity contribution is 7.11. The molecule has 1 aliphatic rings. The number of thiazole rings is 1. The Kier molecular flexibility index (Phi) is 6.05. The van der Waals surface area contributed by atoms with Gasteiger partial charge in [0.25, 0.3) is 0 Å². The number of hydrogen-bond donors (Lipinski definition) is 2. The first kappa shape index (κ1) is 15.4. The molecule has 0 bridgehead atoms. The lowest BCUT2D eigenvalue weighted by molar-refractivity contribution is -0.126. The van der Waals surface area contributed by atoms with E-state index < -0.39 is 0 Å². The van der Waals surface area contributed by atoms with Gasteiger partial charge < -0.3 is 10.6 Å². The van der Waals surface area contributed by atoms with E-state index >= 15 is 0 Å². The number of amides is 1. The van der Waals surface area contributed by atoms with E-state index in [2.05, 4.69) is 15.6 Å². The molecule has 1 fully saturated rings. The van der Waals surface area contributed by atoms with Gasteiger partial charge in [0.2, 0.25) is 5.91 Å². The molecule has 1 unspecified atom stereocenters. The quantitative estimate of drug-likeness (QED) is 0.895. The van der Waals surface area contributed by atoms with Crippen molar-refractivity contribution in [2.45, 2.75) is 32.7 Å². The summed E-state index contributed by atoms with van der Waals surface area (Å²) >= 11 is 1.65. The Labute approximate surface area is 118 Å². The first-order valence-corrected chi connectivity index (χ1v) is 6.92. The van der Waals surface area contributed by atoms with Crippen LogP contribution in [-0.2, 0) is 4.79 Å². The average Bonchev–Trinajstić information content (AvgIpc) is 2.77. The summed E-state index contributed by atoms with van der Waals surface area (Å²) < 4.78 is 0. The van der Waals surface area contributed by atoms with E-state index in [1.165, 1.54) is 4.88 Å².